The lowest BCUT2D eigenvalue weighted by atomic mass is 9.51. The fourth-order valence-electron chi connectivity index (χ4n) is 5.33. The van der Waals surface area contributed by atoms with Gasteiger partial charge in [0.1, 0.15) is 5.78 Å². The van der Waals surface area contributed by atoms with Crippen molar-refractivity contribution in [3.8, 4) is 0 Å². The molecule has 26 heavy (non-hydrogen) atoms. The molecule has 2 N–H and O–H groups in total. The predicted octanol–water partition coefficient (Wildman–Crippen LogP) is 4.50. The van der Waals surface area contributed by atoms with Crippen LogP contribution in [-0.2, 0) is 9.59 Å². The van der Waals surface area contributed by atoms with Crippen LogP contribution in [0.3, 0.4) is 0 Å². The summed E-state index contributed by atoms with van der Waals surface area (Å²) in [5.41, 5.74) is 0.589. The van der Waals surface area contributed by atoms with E-state index in [0.717, 1.165) is 38.5 Å². The number of hydrogen-bond donors (Lipinski definition) is 2. The van der Waals surface area contributed by atoms with Crippen molar-refractivity contribution in [2.24, 2.45) is 23.2 Å². The number of carboxylic acids is 1. The Morgan fingerprint density at radius 3 is 2.58 bits per heavy atom. The number of Topliss-reactive ketones (excluding diaryl/α,β-unsaturated/α-hetero) is 1. The number of hydrogen-bond acceptors (Lipinski definition) is 3. The van der Waals surface area contributed by atoms with E-state index in [2.05, 4.69) is 6.08 Å². The molecule has 0 amide bonds. The maximum Gasteiger partial charge on any atom is 0.303 e. The Labute approximate surface area is 157 Å². The van der Waals surface area contributed by atoms with Gasteiger partial charge in [-0.1, -0.05) is 37.8 Å². The predicted molar refractivity (Wildman–Crippen MR) is 101 cm³/mol. The first-order valence-corrected chi connectivity index (χ1v) is 10.6. The largest absolute Gasteiger partial charge is 0.481 e. The monoisotopic (exact) mass is 362 g/mol. The topological polar surface area (TPSA) is 74.6 Å². The fraction of sp³-hybridized carbons (Fsp3) is 0.818. The van der Waals surface area contributed by atoms with Gasteiger partial charge in [-0.2, -0.15) is 0 Å². The first-order chi connectivity index (χ1) is 12.5. The molecule has 0 aromatic carbocycles. The number of ketones is 1. The normalized spacial score (nSPS) is 29.0. The van der Waals surface area contributed by atoms with Gasteiger partial charge >= 0.3 is 5.97 Å². The molecule has 3 saturated carbocycles. The van der Waals surface area contributed by atoms with Gasteiger partial charge in [0, 0.05) is 18.8 Å². The second-order valence-corrected chi connectivity index (χ2v) is 9.02. The molecule has 146 valence electrons. The molecule has 0 unspecified atom stereocenters. The minimum atomic E-state index is -0.727. The number of carbonyl (C=O) groups excluding carboxylic acids is 1. The highest BCUT2D eigenvalue weighted by molar-refractivity contribution is 5.83. The molecule has 4 nitrogen and oxygen atoms in total. The molecule has 3 atom stereocenters. The first kappa shape index (κ1) is 19.6. The Balaban J connectivity index is 1.37. The molecule has 4 heteroatoms. The molecule has 0 heterocycles. The van der Waals surface area contributed by atoms with E-state index >= 15 is 0 Å². The third-order valence-corrected chi connectivity index (χ3v) is 7.15. The average Bonchev–Trinajstić information content (AvgIpc) is 2.86. The Hall–Kier alpha value is -1.16. The Morgan fingerprint density at radius 1 is 1.19 bits per heavy atom. The Kier molecular flexibility index (Phi) is 6.55. The van der Waals surface area contributed by atoms with Crippen molar-refractivity contribution in [2.75, 3.05) is 0 Å². The molecule has 1 spiro atoms. The van der Waals surface area contributed by atoms with Crippen LogP contribution in [0.15, 0.2) is 12.2 Å². The van der Waals surface area contributed by atoms with Crippen LogP contribution in [0, 0.1) is 23.2 Å². The first-order valence-electron chi connectivity index (χ1n) is 10.6. The van der Waals surface area contributed by atoms with Crippen LogP contribution >= 0.6 is 0 Å². The molecule has 0 bridgehead atoms. The SMILES string of the molecule is O=C(O)CCCCCC[C@H]1C(=O)CC[C@@H]1/C=C/[C@H](O)C1CC2(CCC2)C1. The zero-order chi connectivity index (χ0) is 18.6. The number of carboxylic acid groups (broad SMARTS) is 1. The van der Waals surface area contributed by atoms with Crippen LogP contribution < -0.4 is 0 Å². The standard InChI is InChI=1S/C22H34O4/c23-19(17-14-22(15-17)12-5-13-22)10-8-16-9-11-20(24)18(16)6-3-1-2-4-7-21(25)26/h8,10,16-19,23H,1-7,9,11-15H2,(H,25,26)/b10-8+/t16-,18+,19-/m0/s1. The molecule has 0 aromatic rings. The maximum atomic E-state index is 12.2. The summed E-state index contributed by atoms with van der Waals surface area (Å²) in [6, 6.07) is 0. The van der Waals surface area contributed by atoms with Crippen molar-refractivity contribution < 1.29 is 19.8 Å². The highest BCUT2D eigenvalue weighted by Crippen LogP contribution is 2.59. The van der Waals surface area contributed by atoms with Crippen LogP contribution in [0.4, 0.5) is 0 Å². The number of aliphatic hydroxyl groups excluding tert-OH is 1. The lowest BCUT2D eigenvalue weighted by Crippen LogP contribution is -2.46. The summed E-state index contributed by atoms with van der Waals surface area (Å²) in [6.45, 7) is 0. The van der Waals surface area contributed by atoms with Crippen molar-refractivity contribution in [2.45, 2.75) is 89.6 Å². The number of carbonyl (C=O) groups is 2. The maximum absolute atomic E-state index is 12.2. The van der Waals surface area contributed by atoms with Crippen molar-refractivity contribution in [3.63, 3.8) is 0 Å². The van der Waals surface area contributed by atoms with E-state index in [1.54, 1.807) is 0 Å². The van der Waals surface area contributed by atoms with Crippen LogP contribution in [0.1, 0.15) is 83.5 Å². The average molecular weight is 363 g/mol. The second-order valence-electron chi connectivity index (χ2n) is 9.02. The number of unbranched alkanes of at least 4 members (excludes halogenated alkanes) is 3. The van der Waals surface area contributed by atoms with E-state index in [9.17, 15) is 14.7 Å². The molecule has 0 radical (unpaired) electrons. The second kappa shape index (κ2) is 8.69. The van der Waals surface area contributed by atoms with Gasteiger partial charge in [-0.3, -0.25) is 9.59 Å². The van der Waals surface area contributed by atoms with Gasteiger partial charge in [-0.05, 0) is 62.2 Å². The molecule has 3 aliphatic carbocycles. The summed E-state index contributed by atoms with van der Waals surface area (Å²) in [7, 11) is 0. The molecule has 0 aromatic heterocycles. The Bertz CT molecular complexity index is 526. The van der Waals surface area contributed by atoms with E-state index in [0.29, 0.717) is 23.5 Å². The van der Waals surface area contributed by atoms with Crippen LogP contribution in [0.5, 0.6) is 0 Å². The third kappa shape index (κ3) is 4.76. The van der Waals surface area contributed by atoms with Gasteiger partial charge in [-0.25, -0.2) is 0 Å². The molecule has 0 saturated heterocycles. The van der Waals surface area contributed by atoms with Crippen LogP contribution in [0.2, 0.25) is 0 Å². The summed E-state index contributed by atoms with van der Waals surface area (Å²) in [5.74, 6) is 0.466. The number of rotatable bonds is 10. The van der Waals surface area contributed by atoms with Gasteiger partial charge in [0.25, 0.3) is 0 Å². The minimum absolute atomic E-state index is 0.109. The zero-order valence-corrected chi connectivity index (χ0v) is 15.9. The fourth-order valence-corrected chi connectivity index (χ4v) is 5.33. The van der Waals surface area contributed by atoms with Crippen molar-refractivity contribution in [3.05, 3.63) is 12.2 Å². The molecule has 3 fully saturated rings. The lowest BCUT2D eigenvalue weighted by molar-refractivity contribution is -0.137. The van der Waals surface area contributed by atoms with Crippen molar-refractivity contribution in [1.82, 2.24) is 0 Å². The highest BCUT2D eigenvalue weighted by atomic mass is 16.4. The Morgan fingerprint density at radius 2 is 1.92 bits per heavy atom. The van der Waals surface area contributed by atoms with Crippen molar-refractivity contribution >= 4 is 11.8 Å². The quantitative estimate of drug-likeness (QED) is 0.443. The van der Waals surface area contributed by atoms with E-state index in [1.165, 1.54) is 32.1 Å². The summed E-state index contributed by atoms with van der Waals surface area (Å²) < 4.78 is 0. The van der Waals surface area contributed by atoms with Crippen molar-refractivity contribution in [1.29, 1.82) is 0 Å². The number of aliphatic carboxylic acids is 1. The summed E-state index contributed by atoms with van der Waals surface area (Å²) >= 11 is 0. The van der Waals surface area contributed by atoms with Gasteiger partial charge in [0.2, 0.25) is 0 Å². The minimum Gasteiger partial charge on any atom is -0.481 e. The summed E-state index contributed by atoms with van der Waals surface area (Å²) in [5, 5.41) is 19.1. The molecule has 3 rings (SSSR count). The number of aliphatic hydroxyl groups is 1. The lowest BCUT2D eigenvalue weighted by Gasteiger charge is -2.55. The van der Waals surface area contributed by atoms with E-state index in [4.69, 9.17) is 5.11 Å². The highest BCUT2D eigenvalue weighted by Gasteiger charge is 2.49. The van der Waals surface area contributed by atoms with Gasteiger partial charge in [0.15, 0.2) is 0 Å². The molecule has 0 aliphatic heterocycles. The summed E-state index contributed by atoms with van der Waals surface area (Å²) in [6.07, 6.45) is 16.6. The van der Waals surface area contributed by atoms with Gasteiger partial charge in [0.05, 0.1) is 6.10 Å². The van der Waals surface area contributed by atoms with E-state index < -0.39 is 5.97 Å². The smallest absolute Gasteiger partial charge is 0.303 e. The zero-order valence-electron chi connectivity index (χ0n) is 15.9. The van der Waals surface area contributed by atoms with E-state index in [1.807, 2.05) is 6.08 Å². The van der Waals surface area contributed by atoms with E-state index in [-0.39, 0.29) is 24.4 Å². The van der Waals surface area contributed by atoms with Crippen LogP contribution in [-0.4, -0.2) is 28.1 Å². The molecular formula is C22H34O4. The molecule has 3 aliphatic rings. The van der Waals surface area contributed by atoms with Gasteiger partial charge in [-0.15, -0.1) is 0 Å². The van der Waals surface area contributed by atoms with Gasteiger partial charge < -0.3 is 10.2 Å². The molecular weight excluding hydrogens is 328 g/mol. The van der Waals surface area contributed by atoms with Crippen LogP contribution in [0.25, 0.3) is 0 Å². The third-order valence-electron chi connectivity index (χ3n) is 7.15. The number of allylic oxidation sites excluding steroid dienone is 1. The summed E-state index contributed by atoms with van der Waals surface area (Å²) in [4.78, 5) is 22.7.